The van der Waals surface area contributed by atoms with Gasteiger partial charge in [0.2, 0.25) is 5.96 Å². The molecule has 4 N–H and O–H groups in total. The Bertz CT molecular complexity index is 220. The third kappa shape index (κ3) is 5.32. The highest BCUT2D eigenvalue weighted by molar-refractivity contribution is 5.79. The first kappa shape index (κ1) is 13.3. The van der Waals surface area contributed by atoms with Gasteiger partial charge < -0.3 is 10.1 Å². The second-order valence-electron chi connectivity index (χ2n) is 4.28. The molecule has 0 heterocycles. The van der Waals surface area contributed by atoms with E-state index in [1.54, 1.807) is 0 Å². The van der Waals surface area contributed by atoms with Crippen molar-refractivity contribution in [1.82, 2.24) is 10.7 Å². The highest BCUT2D eigenvalue weighted by Gasteiger charge is 2.31. The van der Waals surface area contributed by atoms with Gasteiger partial charge in [0.25, 0.3) is 0 Å². The van der Waals surface area contributed by atoms with Crippen LogP contribution in [0.2, 0.25) is 0 Å². The van der Waals surface area contributed by atoms with E-state index >= 15 is 0 Å². The van der Waals surface area contributed by atoms with Crippen LogP contribution in [0, 0.1) is 11.8 Å². The summed E-state index contributed by atoms with van der Waals surface area (Å²) in [4.78, 5) is 4.40. The lowest BCUT2D eigenvalue weighted by molar-refractivity contribution is 0.145. The molecule has 2 unspecified atom stereocenters. The molecule has 1 aliphatic carbocycles. The third-order valence-electron chi connectivity index (χ3n) is 2.86. The predicted molar refractivity (Wildman–Crippen MR) is 66.0 cm³/mol. The van der Waals surface area contributed by atoms with Crippen LogP contribution in [-0.2, 0) is 4.74 Å². The van der Waals surface area contributed by atoms with Gasteiger partial charge in [-0.05, 0) is 31.6 Å². The maximum atomic E-state index is 5.38. The van der Waals surface area contributed by atoms with E-state index in [4.69, 9.17) is 10.6 Å². The Balaban J connectivity index is 2.06. The van der Waals surface area contributed by atoms with Gasteiger partial charge >= 0.3 is 0 Å². The molecule has 16 heavy (non-hydrogen) atoms. The Morgan fingerprint density at radius 3 is 2.88 bits per heavy atom. The van der Waals surface area contributed by atoms with Crippen molar-refractivity contribution in [3.63, 3.8) is 0 Å². The van der Waals surface area contributed by atoms with Crippen molar-refractivity contribution in [1.29, 1.82) is 0 Å². The first-order valence-corrected chi connectivity index (χ1v) is 6.10. The van der Waals surface area contributed by atoms with Gasteiger partial charge in [0.15, 0.2) is 0 Å². The normalized spacial score (nSPS) is 24.3. The average Bonchev–Trinajstić information content (AvgIpc) is 2.99. The van der Waals surface area contributed by atoms with Crippen LogP contribution in [0.25, 0.3) is 0 Å². The quantitative estimate of drug-likeness (QED) is 0.195. The van der Waals surface area contributed by atoms with Crippen molar-refractivity contribution in [2.24, 2.45) is 22.7 Å². The molecule has 0 saturated heterocycles. The summed E-state index contributed by atoms with van der Waals surface area (Å²) in [5.41, 5.74) is 2.59. The molecule has 1 aliphatic rings. The predicted octanol–water partition coefficient (Wildman–Crippen LogP) is 0.478. The lowest BCUT2D eigenvalue weighted by atomic mass is 10.3. The Hall–Kier alpha value is -0.810. The van der Waals surface area contributed by atoms with Crippen LogP contribution in [0.5, 0.6) is 0 Å². The van der Waals surface area contributed by atoms with Crippen molar-refractivity contribution < 1.29 is 4.74 Å². The highest BCUT2D eigenvalue weighted by atomic mass is 16.5. The number of rotatable bonds is 7. The van der Waals surface area contributed by atoms with Crippen LogP contribution in [0.15, 0.2) is 4.99 Å². The molecule has 5 heteroatoms. The van der Waals surface area contributed by atoms with E-state index in [9.17, 15) is 0 Å². The fourth-order valence-electron chi connectivity index (χ4n) is 1.54. The molecule has 0 aliphatic heterocycles. The molecule has 0 bridgehead atoms. The fraction of sp³-hybridized carbons (Fsp3) is 0.909. The molecule has 94 valence electrons. The van der Waals surface area contributed by atoms with Crippen molar-refractivity contribution in [3.8, 4) is 0 Å². The molecule has 0 aromatic heterocycles. The molecule has 0 spiro atoms. The first-order valence-electron chi connectivity index (χ1n) is 6.10. The molecule has 2 atom stereocenters. The zero-order valence-electron chi connectivity index (χ0n) is 10.3. The number of nitrogens with one attached hydrogen (secondary N) is 2. The van der Waals surface area contributed by atoms with E-state index in [2.05, 4.69) is 22.7 Å². The monoisotopic (exact) mass is 228 g/mol. The standard InChI is InChI=1S/C11H24N4O/c1-3-16-6-4-5-13-11(15-12)14-8-10-7-9(10)2/h9-10H,3-8,12H2,1-2H3,(H2,13,14,15). The lowest BCUT2D eigenvalue weighted by Gasteiger charge is -2.08. The summed E-state index contributed by atoms with van der Waals surface area (Å²) < 4.78 is 5.24. The highest BCUT2D eigenvalue weighted by Crippen LogP contribution is 2.37. The van der Waals surface area contributed by atoms with Crippen molar-refractivity contribution in [2.75, 3.05) is 26.3 Å². The van der Waals surface area contributed by atoms with Gasteiger partial charge in [-0.2, -0.15) is 0 Å². The third-order valence-corrected chi connectivity index (χ3v) is 2.86. The van der Waals surface area contributed by atoms with E-state index in [0.29, 0.717) is 5.96 Å². The second-order valence-corrected chi connectivity index (χ2v) is 4.28. The second kappa shape index (κ2) is 7.46. The number of ether oxygens (including phenoxy) is 1. The van der Waals surface area contributed by atoms with Gasteiger partial charge in [0.05, 0.1) is 0 Å². The van der Waals surface area contributed by atoms with Crippen LogP contribution < -0.4 is 16.6 Å². The molecule has 0 amide bonds. The number of nitrogens with zero attached hydrogens (tertiary/aromatic N) is 1. The summed E-state index contributed by atoms with van der Waals surface area (Å²) in [6, 6.07) is 0. The summed E-state index contributed by atoms with van der Waals surface area (Å²) in [6.07, 6.45) is 2.26. The molecule has 1 saturated carbocycles. The van der Waals surface area contributed by atoms with Gasteiger partial charge in [0, 0.05) is 26.3 Å². The minimum atomic E-state index is 0.690. The minimum absolute atomic E-state index is 0.690. The van der Waals surface area contributed by atoms with E-state index in [1.807, 2.05) is 6.92 Å². The summed E-state index contributed by atoms with van der Waals surface area (Å²) in [7, 11) is 0. The number of aliphatic imine (C=N–C) groups is 1. The first-order chi connectivity index (χ1) is 7.77. The molecule has 1 rings (SSSR count). The maximum Gasteiger partial charge on any atom is 0.205 e. The minimum Gasteiger partial charge on any atom is -0.382 e. The van der Waals surface area contributed by atoms with Gasteiger partial charge in [0.1, 0.15) is 0 Å². The summed E-state index contributed by atoms with van der Waals surface area (Å²) >= 11 is 0. The molecule has 1 fully saturated rings. The molecule has 0 aromatic carbocycles. The molecule has 0 aromatic rings. The number of nitrogens with two attached hydrogens (primary N) is 1. The van der Waals surface area contributed by atoms with E-state index in [1.165, 1.54) is 6.42 Å². The Kier molecular flexibility index (Phi) is 6.18. The summed E-state index contributed by atoms with van der Waals surface area (Å²) in [5.74, 6) is 7.66. The summed E-state index contributed by atoms with van der Waals surface area (Å²) in [5, 5.41) is 3.16. The largest absolute Gasteiger partial charge is 0.382 e. The molecular weight excluding hydrogens is 204 g/mol. The van der Waals surface area contributed by atoms with Crippen LogP contribution in [-0.4, -0.2) is 32.3 Å². The molecule has 0 radical (unpaired) electrons. The molecule has 5 nitrogen and oxygen atoms in total. The van der Waals surface area contributed by atoms with E-state index in [0.717, 1.165) is 44.6 Å². The lowest BCUT2D eigenvalue weighted by Crippen LogP contribution is -2.42. The zero-order chi connectivity index (χ0) is 11.8. The van der Waals surface area contributed by atoms with E-state index in [-0.39, 0.29) is 0 Å². The number of hydrazine groups is 1. The maximum absolute atomic E-state index is 5.38. The Morgan fingerprint density at radius 1 is 1.56 bits per heavy atom. The van der Waals surface area contributed by atoms with Crippen LogP contribution in [0.4, 0.5) is 0 Å². The van der Waals surface area contributed by atoms with Gasteiger partial charge in [-0.25, -0.2) is 5.84 Å². The average molecular weight is 228 g/mol. The van der Waals surface area contributed by atoms with Crippen LogP contribution >= 0.6 is 0 Å². The number of hydrogen-bond donors (Lipinski definition) is 3. The van der Waals surface area contributed by atoms with Crippen LogP contribution in [0.1, 0.15) is 26.7 Å². The smallest absolute Gasteiger partial charge is 0.205 e. The summed E-state index contributed by atoms with van der Waals surface area (Å²) in [6.45, 7) is 7.52. The Morgan fingerprint density at radius 2 is 2.31 bits per heavy atom. The SMILES string of the molecule is CCOCCCNC(=NCC1CC1C)NN. The van der Waals surface area contributed by atoms with Gasteiger partial charge in [-0.15, -0.1) is 0 Å². The fourth-order valence-corrected chi connectivity index (χ4v) is 1.54. The number of guanidine groups is 1. The van der Waals surface area contributed by atoms with Crippen molar-refractivity contribution in [2.45, 2.75) is 26.7 Å². The topological polar surface area (TPSA) is 71.7 Å². The van der Waals surface area contributed by atoms with E-state index < -0.39 is 0 Å². The number of hydrogen-bond acceptors (Lipinski definition) is 3. The van der Waals surface area contributed by atoms with Crippen molar-refractivity contribution in [3.05, 3.63) is 0 Å². The molecular formula is C11H24N4O. The van der Waals surface area contributed by atoms with Crippen molar-refractivity contribution >= 4 is 5.96 Å². The zero-order valence-corrected chi connectivity index (χ0v) is 10.3. The van der Waals surface area contributed by atoms with Gasteiger partial charge in [-0.1, -0.05) is 6.92 Å². The van der Waals surface area contributed by atoms with Gasteiger partial charge in [-0.3, -0.25) is 10.4 Å². The Labute approximate surface area is 97.8 Å². The van der Waals surface area contributed by atoms with Crippen LogP contribution in [0.3, 0.4) is 0 Å².